The van der Waals surface area contributed by atoms with Crippen LogP contribution < -0.4 is 0 Å². The molecule has 6 heteroatoms. The van der Waals surface area contributed by atoms with Gasteiger partial charge in [0, 0.05) is 18.5 Å². The maximum Gasteiger partial charge on any atom is 0.416 e. The number of ether oxygens (including phenoxy) is 1. The largest absolute Gasteiger partial charge is 0.464 e. The molecule has 0 aliphatic rings. The van der Waals surface area contributed by atoms with E-state index < -0.39 is 11.7 Å². The Morgan fingerprint density at radius 3 is 2.24 bits per heavy atom. The van der Waals surface area contributed by atoms with Crippen molar-refractivity contribution in [2.75, 3.05) is 0 Å². The number of nitrogens with zero attached hydrogens (tertiary/aromatic N) is 2. The summed E-state index contributed by atoms with van der Waals surface area (Å²) in [5, 5.41) is 8.20. The number of rotatable bonds is 1. The third-order valence-corrected chi connectivity index (χ3v) is 1.30. The smallest absolute Gasteiger partial charge is 0.416 e. The normalized spacial score (nSPS) is 9.82. The Labute approximate surface area is 99.5 Å². The van der Waals surface area contributed by atoms with Gasteiger partial charge in [-0.25, -0.2) is 19.1 Å². The predicted molar refractivity (Wildman–Crippen MR) is 61.7 cm³/mol. The average molecular weight is 240 g/mol. The molecular formula is C11H16N2O4. The number of hydrogen-bond acceptors (Lipinski definition) is 4. The van der Waals surface area contributed by atoms with E-state index in [4.69, 9.17) is 9.84 Å². The van der Waals surface area contributed by atoms with Crippen LogP contribution in [0.15, 0.2) is 31.4 Å². The van der Waals surface area contributed by atoms with Gasteiger partial charge < -0.3 is 9.84 Å². The molecule has 0 bridgehead atoms. The molecule has 1 aromatic heterocycles. The average Bonchev–Trinajstić information content (AvgIpc) is 2.68. The topological polar surface area (TPSA) is 81.4 Å². The lowest BCUT2D eigenvalue weighted by Gasteiger charge is -2.17. The molecule has 1 rings (SSSR count). The molecule has 0 fully saturated rings. The first-order chi connectivity index (χ1) is 7.76. The molecule has 0 saturated heterocycles. The first-order valence-electron chi connectivity index (χ1n) is 4.83. The van der Waals surface area contributed by atoms with Crippen molar-refractivity contribution in [1.82, 2.24) is 9.55 Å². The SMILES string of the molecule is C=CC(=O)OC(C)(C)C.O=C(O)n1ccnc1. The summed E-state index contributed by atoms with van der Waals surface area (Å²) in [5.74, 6) is -0.373. The summed E-state index contributed by atoms with van der Waals surface area (Å²) >= 11 is 0. The van der Waals surface area contributed by atoms with Gasteiger partial charge in [-0.05, 0) is 20.8 Å². The highest BCUT2D eigenvalue weighted by molar-refractivity contribution is 5.81. The van der Waals surface area contributed by atoms with E-state index in [2.05, 4.69) is 11.6 Å². The zero-order valence-corrected chi connectivity index (χ0v) is 10.1. The highest BCUT2D eigenvalue weighted by atomic mass is 16.6. The molecule has 0 saturated carbocycles. The molecule has 0 aliphatic carbocycles. The molecule has 0 spiro atoms. The number of carbonyl (C=O) groups excluding carboxylic acids is 1. The van der Waals surface area contributed by atoms with Crippen LogP contribution in [0.4, 0.5) is 4.79 Å². The zero-order chi connectivity index (χ0) is 13.5. The number of aromatic nitrogens is 2. The number of carbonyl (C=O) groups is 2. The van der Waals surface area contributed by atoms with Crippen LogP contribution >= 0.6 is 0 Å². The summed E-state index contributed by atoms with van der Waals surface area (Å²) in [7, 11) is 0. The van der Waals surface area contributed by atoms with Crippen molar-refractivity contribution in [2.24, 2.45) is 0 Å². The quantitative estimate of drug-likeness (QED) is 0.599. The van der Waals surface area contributed by atoms with E-state index in [1.54, 1.807) is 0 Å². The van der Waals surface area contributed by atoms with E-state index in [1.165, 1.54) is 18.7 Å². The van der Waals surface area contributed by atoms with Crippen molar-refractivity contribution in [3.8, 4) is 0 Å². The van der Waals surface area contributed by atoms with Crippen LogP contribution in [0.3, 0.4) is 0 Å². The summed E-state index contributed by atoms with van der Waals surface area (Å²) in [6.07, 6.45) is 4.15. The fourth-order valence-corrected chi connectivity index (χ4v) is 0.716. The third kappa shape index (κ3) is 7.78. The van der Waals surface area contributed by atoms with Gasteiger partial charge in [0.15, 0.2) is 0 Å². The van der Waals surface area contributed by atoms with Gasteiger partial charge in [-0.15, -0.1) is 0 Å². The molecule has 17 heavy (non-hydrogen) atoms. The second kappa shape index (κ2) is 6.47. The Morgan fingerprint density at radius 2 is 2.06 bits per heavy atom. The molecular weight excluding hydrogens is 224 g/mol. The van der Waals surface area contributed by atoms with Gasteiger partial charge in [0.05, 0.1) is 0 Å². The van der Waals surface area contributed by atoms with Crippen LogP contribution in [0.5, 0.6) is 0 Å². The van der Waals surface area contributed by atoms with Crippen LogP contribution in [0.1, 0.15) is 20.8 Å². The third-order valence-electron chi connectivity index (χ3n) is 1.30. The van der Waals surface area contributed by atoms with Gasteiger partial charge in [0.2, 0.25) is 0 Å². The molecule has 1 heterocycles. The maximum absolute atomic E-state index is 10.5. The Balaban J connectivity index is 0.000000302. The number of carboxylic acid groups (broad SMARTS) is 1. The van der Waals surface area contributed by atoms with Gasteiger partial charge in [-0.1, -0.05) is 6.58 Å². The fraction of sp³-hybridized carbons (Fsp3) is 0.364. The Hall–Kier alpha value is -2.11. The molecule has 1 N–H and O–H groups in total. The predicted octanol–water partition coefficient (Wildman–Crippen LogP) is 1.92. The van der Waals surface area contributed by atoms with Crippen molar-refractivity contribution in [3.63, 3.8) is 0 Å². The summed E-state index contributed by atoms with van der Waals surface area (Å²) < 4.78 is 5.80. The van der Waals surface area contributed by atoms with Crippen LogP contribution in [-0.2, 0) is 9.53 Å². The molecule has 1 aromatic rings. The number of hydrogen-bond donors (Lipinski definition) is 1. The number of esters is 1. The van der Waals surface area contributed by atoms with Crippen molar-refractivity contribution in [3.05, 3.63) is 31.4 Å². The minimum absolute atomic E-state index is 0.373. The van der Waals surface area contributed by atoms with Gasteiger partial charge in [-0.2, -0.15) is 0 Å². The lowest BCUT2D eigenvalue weighted by molar-refractivity contribution is -0.148. The van der Waals surface area contributed by atoms with Crippen molar-refractivity contribution >= 4 is 12.1 Å². The Morgan fingerprint density at radius 1 is 1.47 bits per heavy atom. The van der Waals surface area contributed by atoms with Gasteiger partial charge >= 0.3 is 12.1 Å². The molecule has 6 nitrogen and oxygen atoms in total. The Bertz CT molecular complexity index is 377. The lowest BCUT2D eigenvalue weighted by atomic mass is 10.2. The van der Waals surface area contributed by atoms with E-state index >= 15 is 0 Å². The van der Waals surface area contributed by atoms with Crippen LogP contribution in [0.25, 0.3) is 0 Å². The molecule has 0 unspecified atom stereocenters. The minimum atomic E-state index is -1.01. The summed E-state index contributed by atoms with van der Waals surface area (Å²) in [4.78, 5) is 24.0. The highest BCUT2D eigenvalue weighted by Crippen LogP contribution is 2.06. The van der Waals surface area contributed by atoms with Crippen LogP contribution in [-0.4, -0.2) is 32.3 Å². The maximum atomic E-state index is 10.5. The fourth-order valence-electron chi connectivity index (χ4n) is 0.716. The first kappa shape index (κ1) is 14.9. The van der Waals surface area contributed by atoms with Crippen LogP contribution in [0.2, 0.25) is 0 Å². The molecule has 0 amide bonds. The molecule has 0 aromatic carbocycles. The van der Waals surface area contributed by atoms with Crippen molar-refractivity contribution in [1.29, 1.82) is 0 Å². The lowest BCUT2D eigenvalue weighted by Crippen LogP contribution is -2.22. The Kier molecular flexibility index (Phi) is 5.66. The minimum Gasteiger partial charge on any atom is -0.464 e. The first-order valence-corrected chi connectivity index (χ1v) is 4.83. The van der Waals surface area contributed by atoms with E-state index in [0.717, 1.165) is 10.6 Å². The van der Waals surface area contributed by atoms with E-state index in [9.17, 15) is 9.59 Å². The summed E-state index contributed by atoms with van der Waals surface area (Å²) in [5.41, 5.74) is -0.398. The highest BCUT2D eigenvalue weighted by Gasteiger charge is 2.12. The molecule has 94 valence electrons. The van der Waals surface area contributed by atoms with E-state index in [-0.39, 0.29) is 5.97 Å². The molecule has 0 aliphatic heterocycles. The number of imidazole rings is 1. The summed E-state index contributed by atoms with van der Waals surface area (Å²) in [6, 6.07) is 0. The van der Waals surface area contributed by atoms with E-state index in [1.807, 2.05) is 20.8 Å². The van der Waals surface area contributed by atoms with Crippen molar-refractivity contribution in [2.45, 2.75) is 26.4 Å². The summed E-state index contributed by atoms with van der Waals surface area (Å²) in [6.45, 7) is 8.71. The van der Waals surface area contributed by atoms with Gasteiger partial charge in [0.25, 0.3) is 0 Å². The molecule has 0 radical (unpaired) electrons. The van der Waals surface area contributed by atoms with Crippen LogP contribution in [0, 0.1) is 0 Å². The second-order valence-corrected chi connectivity index (χ2v) is 3.99. The monoisotopic (exact) mass is 240 g/mol. The van der Waals surface area contributed by atoms with Gasteiger partial charge in [-0.3, -0.25) is 0 Å². The zero-order valence-electron chi connectivity index (χ0n) is 10.1. The van der Waals surface area contributed by atoms with Crippen molar-refractivity contribution < 1.29 is 19.4 Å². The standard InChI is InChI=1S/C7H12O2.C4H4N2O2/c1-5-6(8)9-7(2,3)4;7-4(8)6-2-1-5-3-6/h5H,1H2,2-4H3;1-3H,(H,7,8). The molecule has 0 atom stereocenters. The van der Waals surface area contributed by atoms with E-state index in [0.29, 0.717) is 0 Å². The second-order valence-electron chi connectivity index (χ2n) is 3.99. The van der Waals surface area contributed by atoms with Gasteiger partial charge in [0.1, 0.15) is 11.9 Å².